The van der Waals surface area contributed by atoms with Crippen molar-refractivity contribution in [3.8, 4) is 5.75 Å². The van der Waals surface area contributed by atoms with Gasteiger partial charge in [-0.1, -0.05) is 15.9 Å². The summed E-state index contributed by atoms with van der Waals surface area (Å²) in [5.74, 6) is -4.07. The number of anilines is 4. The van der Waals surface area contributed by atoms with Crippen LogP contribution < -0.4 is 16.4 Å². The van der Waals surface area contributed by atoms with E-state index in [-0.39, 0.29) is 11.4 Å². The van der Waals surface area contributed by atoms with Gasteiger partial charge in [0.05, 0.1) is 5.69 Å². The molecule has 0 unspecified atom stereocenters. The van der Waals surface area contributed by atoms with Crippen LogP contribution in [-0.2, 0) is 0 Å². The maximum atomic E-state index is 14.0. The van der Waals surface area contributed by atoms with E-state index < -0.39 is 34.6 Å². The first kappa shape index (κ1) is 15.3. The van der Waals surface area contributed by atoms with Crippen molar-refractivity contribution in [3.05, 3.63) is 40.1 Å². The molecule has 0 aliphatic carbocycles. The highest BCUT2D eigenvalue weighted by Gasteiger charge is 2.23. The Morgan fingerprint density at radius 1 is 1.14 bits per heavy atom. The van der Waals surface area contributed by atoms with Gasteiger partial charge in [-0.15, -0.1) is 0 Å². The van der Waals surface area contributed by atoms with E-state index in [2.05, 4.69) is 26.6 Å². The molecular formula is C13H11BrF3N3O. The normalized spacial score (nSPS) is 10.5. The highest BCUT2D eigenvalue weighted by atomic mass is 79.9. The van der Waals surface area contributed by atoms with Gasteiger partial charge in [0.2, 0.25) is 0 Å². The van der Waals surface area contributed by atoms with Gasteiger partial charge in [0.25, 0.3) is 0 Å². The van der Waals surface area contributed by atoms with E-state index in [4.69, 9.17) is 5.73 Å². The monoisotopic (exact) mass is 361 g/mol. The number of hydrogen-bond acceptors (Lipinski definition) is 4. The SMILES string of the molecule is CNc1c(O)c(N)c(F)c(F)c1Nc1ccc(Br)cc1F. The Balaban J connectivity index is 2.58. The second kappa shape index (κ2) is 5.72. The molecule has 8 heteroatoms. The van der Waals surface area contributed by atoms with Gasteiger partial charge in [-0.05, 0) is 18.2 Å². The smallest absolute Gasteiger partial charge is 0.187 e. The van der Waals surface area contributed by atoms with Gasteiger partial charge in [0.1, 0.15) is 22.9 Å². The fourth-order valence-corrected chi connectivity index (χ4v) is 2.11. The Morgan fingerprint density at radius 2 is 1.81 bits per heavy atom. The molecule has 0 bridgehead atoms. The Labute approximate surface area is 126 Å². The molecule has 0 amide bonds. The second-order valence-electron chi connectivity index (χ2n) is 4.14. The van der Waals surface area contributed by atoms with Crippen LogP contribution >= 0.6 is 15.9 Å². The fraction of sp³-hybridized carbons (Fsp3) is 0.0769. The minimum Gasteiger partial charge on any atom is -0.504 e. The molecule has 2 rings (SSSR count). The maximum absolute atomic E-state index is 14.0. The third-order valence-electron chi connectivity index (χ3n) is 2.83. The number of hydrogen-bond donors (Lipinski definition) is 4. The van der Waals surface area contributed by atoms with Crippen molar-refractivity contribution in [2.45, 2.75) is 0 Å². The van der Waals surface area contributed by atoms with E-state index in [1.54, 1.807) is 0 Å². The maximum Gasteiger partial charge on any atom is 0.187 e. The van der Waals surface area contributed by atoms with Crippen molar-refractivity contribution < 1.29 is 18.3 Å². The molecule has 0 radical (unpaired) electrons. The van der Waals surface area contributed by atoms with Crippen LogP contribution in [0, 0.1) is 17.5 Å². The molecule has 112 valence electrons. The Morgan fingerprint density at radius 3 is 2.38 bits per heavy atom. The molecule has 5 N–H and O–H groups in total. The lowest BCUT2D eigenvalue weighted by molar-refractivity contribution is 0.463. The van der Waals surface area contributed by atoms with Crippen molar-refractivity contribution in [2.75, 3.05) is 23.4 Å². The Hall–Kier alpha value is -2.09. The van der Waals surface area contributed by atoms with Gasteiger partial charge >= 0.3 is 0 Å². The van der Waals surface area contributed by atoms with Crippen molar-refractivity contribution in [3.63, 3.8) is 0 Å². The molecule has 0 saturated carbocycles. The molecule has 2 aromatic carbocycles. The number of phenolic OH excluding ortho intramolecular Hbond substituents is 1. The first-order chi connectivity index (χ1) is 9.86. The number of benzene rings is 2. The Bertz CT molecular complexity index is 710. The fourth-order valence-electron chi connectivity index (χ4n) is 1.78. The lowest BCUT2D eigenvalue weighted by atomic mass is 10.1. The number of rotatable bonds is 3. The molecule has 0 saturated heterocycles. The standard InChI is InChI=1S/C13H11BrF3N3O/c1-19-12-11(9(17)8(16)10(18)13(12)21)20-7-3-2-5(14)4-6(7)15/h2-4,19-21H,18H2,1H3. The van der Waals surface area contributed by atoms with E-state index in [1.165, 1.54) is 19.2 Å². The molecule has 0 aliphatic rings. The summed E-state index contributed by atoms with van der Waals surface area (Å²) < 4.78 is 41.9. The zero-order valence-electron chi connectivity index (χ0n) is 10.8. The number of nitrogens with one attached hydrogen (secondary N) is 2. The van der Waals surface area contributed by atoms with E-state index >= 15 is 0 Å². The highest BCUT2D eigenvalue weighted by Crippen LogP contribution is 2.42. The molecule has 2 aromatic rings. The van der Waals surface area contributed by atoms with Gasteiger partial charge < -0.3 is 21.5 Å². The predicted molar refractivity (Wildman–Crippen MR) is 79.4 cm³/mol. The van der Waals surface area contributed by atoms with Crippen LogP contribution in [0.1, 0.15) is 0 Å². The van der Waals surface area contributed by atoms with Crippen LogP contribution in [-0.4, -0.2) is 12.2 Å². The lowest BCUT2D eigenvalue weighted by Gasteiger charge is -2.17. The summed E-state index contributed by atoms with van der Waals surface area (Å²) in [5.41, 5.74) is 3.83. The largest absolute Gasteiger partial charge is 0.504 e. The summed E-state index contributed by atoms with van der Waals surface area (Å²) in [5, 5.41) is 14.6. The van der Waals surface area contributed by atoms with Crippen LogP contribution in [0.4, 0.5) is 35.9 Å². The summed E-state index contributed by atoms with van der Waals surface area (Å²) in [7, 11) is 1.38. The first-order valence-corrected chi connectivity index (χ1v) is 6.55. The average Bonchev–Trinajstić information content (AvgIpc) is 2.45. The van der Waals surface area contributed by atoms with E-state index in [0.29, 0.717) is 4.47 Å². The number of halogens is 4. The van der Waals surface area contributed by atoms with E-state index in [0.717, 1.165) is 6.07 Å². The van der Waals surface area contributed by atoms with Crippen LogP contribution in [0.15, 0.2) is 22.7 Å². The summed E-state index contributed by atoms with van der Waals surface area (Å²) in [6.45, 7) is 0. The molecule has 21 heavy (non-hydrogen) atoms. The van der Waals surface area contributed by atoms with Crippen molar-refractivity contribution in [2.24, 2.45) is 0 Å². The summed E-state index contributed by atoms with van der Waals surface area (Å²) >= 11 is 3.09. The summed E-state index contributed by atoms with van der Waals surface area (Å²) in [6, 6.07) is 4.02. The highest BCUT2D eigenvalue weighted by molar-refractivity contribution is 9.10. The topological polar surface area (TPSA) is 70.3 Å². The Kier molecular flexibility index (Phi) is 4.17. The molecule has 0 heterocycles. The number of nitrogen functional groups attached to an aromatic ring is 1. The zero-order valence-corrected chi connectivity index (χ0v) is 12.4. The van der Waals surface area contributed by atoms with Gasteiger partial charge in [0.15, 0.2) is 17.4 Å². The third-order valence-corrected chi connectivity index (χ3v) is 3.32. The van der Waals surface area contributed by atoms with Crippen LogP contribution in [0.2, 0.25) is 0 Å². The molecule has 0 atom stereocenters. The summed E-state index contributed by atoms with van der Waals surface area (Å²) in [4.78, 5) is 0. The van der Waals surface area contributed by atoms with Crippen LogP contribution in [0.5, 0.6) is 5.75 Å². The number of phenols is 1. The third kappa shape index (κ3) is 2.71. The van der Waals surface area contributed by atoms with E-state index in [9.17, 15) is 18.3 Å². The van der Waals surface area contributed by atoms with Crippen LogP contribution in [0.3, 0.4) is 0 Å². The summed E-state index contributed by atoms with van der Waals surface area (Å²) in [6.07, 6.45) is 0. The van der Waals surface area contributed by atoms with Gasteiger partial charge in [0, 0.05) is 11.5 Å². The molecule has 0 aliphatic heterocycles. The van der Waals surface area contributed by atoms with Gasteiger partial charge in [-0.25, -0.2) is 13.2 Å². The molecule has 0 aromatic heterocycles. The average molecular weight is 362 g/mol. The van der Waals surface area contributed by atoms with Crippen molar-refractivity contribution in [1.29, 1.82) is 0 Å². The quantitative estimate of drug-likeness (QED) is 0.493. The first-order valence-electron chi connectivity index (χ1n) is 5.76. The number of nitrogens with two attached hydrogens (primary N) is 1. The van der Waals surface area contributed by atoms with Crippen LogP contribution in [0.25, 0.3) is 0 Å². The van der Waals surface area contributed by atoms with Gasteiger partial charge in [-0.3, -0.25) is 0 Å². The molecule has 0 fully saturated rings. The van der Waals surface area contributed by atoms with Crippen molar-refractivity contribution in [1.82, 2.24) is 0 Å². The minimum absolute atomic E-state index is 0.0860. The predicted octanol–water partition coefficient (Wildman–Crippen LogP) is 3.94. The zero-order chi connectivity index (χ0) is 15.7. The lowest BCUT2D eigenvalue weighted by Crippen LogP contribution is -2.06. The number of aromatic hydroxyl groups is 1. The van der Waals surface area contributed by atoms with E-state index in [1.807, 2.05) is 0 Å². The minimum atomic E-state index is -1.41. The molecule has 0 spiro atoms. The van der Waals surface area contributed by atoms with Crippen molar-refractivity contribution >= 4 is 38.7 Å². The second-order valence-corrected chi connectivity index (χ2v) is 5.06. The van der Waals surface area contributed by atoms with Gasteiger partial charge in [-0.2, -0.15) is 0 Å². The molecule has 4 nitrogen and oxygen atoms in total. The molecular weight excluding hydrogens is 351 g/mol.